The second kappa shape index (κ2) is 8.89. The van der Waals surface area contributed by atoms with E-state index in [1.165, 1.54) is 11.1 Å². The van der Waals surface area contributed by atoms with Crippen molar-refractivity contribution in [2.75, 3.05) is 32.7 Å². The largest absolute Gasteiger partial charge is 0.393 e. The molecule has 0 radical (unpaired) electrons. The van der Waals surface area contributed by atoms with E-state index in [1.807, 2.05) is 15.9 Å². The molecule has 1 aliphatic carbocycles. The van der Waals surface area contributed by atoms with Crippen LogP contribution in [-0.2, 0) is 4.79 Å². The number of carbonyl (C=O) groups excluding carboxylic acids is 2. The Bertz CT molecular complexity index is 878. The smallest absolute Gasteiger partial charge is 0.320 e. The van der Waals surface area contributed by atoms with Crippen molar-refractivity contribution in [3.8, 4) is 0 Å². The van der Waals surface area contributed by atoms with E-state index in [0.29, 0.717) is 13.1 Å². The summed E-state index contributed by atoms with van der Waals surface area (Å²) in [6.45, 7) is 3.47. The van der Waals surface area contributed by atoms with Crippen molar-refractivity contribution in [2.45, 2.75) is 63.5 Å². The highest BCUT2D eigenvalue weighted by Crippen LogP contribution is 2.42. The van der Waals surface area contributed by atoms with Gasteiger partial charge in [0.05, 0.1) is 11.5 Å². The monoisotopic (exact) mass is 437 g/mol. The van der Waals surface area contributed by atoms with E-state index in [0.717, 1.165) is 71.0 Å². The SMILES string of the molecule is O=C(N1CC=C(c2ccccc2)CC1)N1CCCC2(CCN([C@H]3CC[C@H](O)CC3)C2=O)C1. The van der Waals surface area contributed by atoms with Gasteiger partial charge in [-0.15, -0.1) is 0 Å². The Labute approximate surface area is 190 Å². The van der Waals surface area contributed by atoms with Crippen molar-refractivity contribution in [2.24, 2.45) is 5.41 Å². The Balaban J connectivity index is 1.22. The molecular weight excluding hydrogens is 402 g/mol. The van der Waals surface area contributed by atoms with Gasteiger partial charge >= 0.3 is 6.03 Å². The molecule has 2 saturated heterocycles. The lowest BCUT2D eigenvalue weighted by atomic mass is 9.78. The van der Waals surface area contributed by atoms with Crippen molar-refractivity contribution in [3.05, 3.63) is 42.0 Å². The minimum atomic E-state index is -0.398. The quantitative estimate of drug-likeness (QED) is 0.770. The van der Waals surface area contributed by atoms with E-state index in [9.17, 15) is 14.7 Å². The zero-order valence-electron chi connectivity index (χ0n) is 18.9. The molecule has 4 aliphatic rings. The summed E-state index contributed by atoms with van der Waals surface area (Å²) in [6, 6.07) is 10.7. The first-order valence-corrected chi connectivity index (χ1v) is 12.3. The van der Waals surface area contributed by atoms with Gasteiger partial charge in [-0.1, -0.05) is 36.4 Å². The zero-order valence-corrected chi connectivity index (χ0v) is 18.9. The fourth-order valence-corrected chi connectivity index (χ4v) is 6.20. The van der Waals surface area contributed by atoms with E-state index >= 15 is 0 Å². The lowest BCUT2D eigenvalue weighted by Crippen LogP contribution is -2.54. The first-order chi connectivity index (χ1) is 15.6. The maximum Gasteiger partial charge on any atom is 0.320 e. The molecule has 1 atom stereocenters. The van der Waals surface area contributed by atoms with Gasteiger partial charge in [-0.25, -0.2) is 4.79 Å². The summed E-state index contributed by atoms with van der Waals surface area (Å²) in [6.07, 6.45) is 8.86. The fraction of sp³-hybridized carbons (Fsp3) is 0.615. The number of piperidine rings is 1. The molecule has 3 fully saturated rings. The van der Waals surface area contributed by atoms with Crippen LogP contribution in [0.3, 0.4) is 0 Å². The zero-order chi connectivity index (χ0) is 22.1. The molecular formula is C26H35N3O3. The Morgan fingerprint density at radius 2 is 1.75 bits per heavy atom. The first-order valence-electron chi connectivity index (χ1n) is 12.3. The average Bonchev–Trinajstić information content (AvgIpc) is 3.15. The maximum atomic E-state index is 13.5. The number of likely N-dealkylation sites (tertiary alicyclic amines) is 2. The van der Waals surface area contributed by atoms with Crippen molar-refractivity contribution >= 4 is 17.5 Å². The predicted octanol–water partition coefficient (Wildman–Crippen LogP) is 3.51. The Hall–Kier alpha value is -2.34. The molecule has 1 unspecified atom stereocenters. The lowest BCUT2D eigenvalue weighted by molar-refractivity contribution is -0.141. The Morgan fingerprint density at radius 1 is 0.969 bits per heavy atom. The third kappa shape index (κ3) is 4.05. The topological polar surface area (TPSA) is 64.1 Å². The molecule has 0 bridgehead atoms. The van der Waals surface area contributed by atoms with Crippen molar-refractivity contribution in [1.29, 1.82) is 0 Å². The first kappa shape index (κ1) is 21.5. The summed E-state index contributed by atoms with van der Waals surface area (Å²) in [5.74, 6) is 0.251. The van der Waals surface area contributed by atoms with E-state index in [-0.39, 0.29) is 24.1 Å². The number of nitrogens with zero attached hydrogens (tertiary/aromatic N) is 3. The summed E-state index contributed by atoms with van der Waals surface area (Å²) in [5.41, 5.74) is 2.15. The molecule has 1 spiro atoms. The van der Waals surface area contributed by atoms with Gasteiger partial charge in [0, 0.05) is 38.8 Å². The molecule has 1 saturated carbocycles. The summed E-state index contributed by atoms with van der Waals surface area (Å²) >= 11 is 0. The van der Waals surface area contributed by atoms with Crippen LogP contribution in [0.1, 0.15) is 56.9 Å². The normalized spacial score (nSPS) is 31.2. The number of hydrogen-bond donors (Lipinski definition) is 1. The lowest BCUT2D eigenvalue weighted by Gasteiger charge is -2.42. The molecule has 1 aromatic rings. The predicted molar refractivity (Wildman–Crippen MR) is 124 cm³/mol. The summed E-state index contributed by atoms with van der Waals surface area (Å²) in [7, 11) is 0. The Kier molecular flexibility index (Phi) is 5.97. The van der Waals surface area contributed by atoms with Crippen LogP contribution in [0.2, 0.25) is 0 Å². The van der Waals surface area contributed by atoms with Crippen LogP contribution in [0, 0.1) is 5.41 Å². The second-order valence-corrected chi connectivity index (χ2v) is 10.1. The number of aliphatic hydroxyl groups excluding tert-OH is 1. The van der Waals surface area contributed by atoms with E-state index in [1.54, 1.807) is 0 Å². The molecule has 1 aromatic carbocycles. The van der Waals surface area contributed by atoms with Crippen LogP contribution in [0.25, 0.3) is 5.57 Å². The number of urea groups is 1. The number of amides is 3. The van der Waals surface area contributed by atoms with Crippen LogP contribution in [0.15, 0.2) is 36.4 Å². The standard InChI is InChI=1S/C26H35N3O3/c30-23-9-7-22(8-10-23)29-18-14-26(24(29)31)13-4-15-28(19-26)25(32)27-16-11-21(12-17-27)20-5-2-1-3-6-20/h1-3,5-6,11,22-23,30H,4,7-10,12-19H2/t22-,23-,26?. The van der Waals surface area contributed by atoms with Crippen LogP contribution in [0.4, 0.5) is 4.79 Å². The van der Waals surface area contributed by atoms with Gasteiger partial charge < -0.3 is 19.8 Å². The number of aliphatic hydroxyl groups is 1. The third-order valence-corrected chi connectivity index (χ3v) is 8.12. The second-order valence-electron chi connectivity index (χ2n) is 10.1. The molecule has 6 heteroatoms. The van der Waals surface area contributed by atoms with Gasteiger partial charge in [-0.3, -0.25) is 4.79 Å². The van der Waals surface area contributed by atoms with Gasteiger partial charge in [0.25, 0.3) is 0 Å². The van der Waals surface area contributed by atoms with E-state index in [4.69, 9.17) is 0 Å². The van der Waals surface area contributed by atoms with Gasteiger partial charge in [0.1, 0.15) is 0 Å². The summed E-state index contributed by atoms with van der Waals surface area (Å²) in [4.78, 5) is 32.8. The van der Waals surface area contributed by atoms with Crippen molar-refractivity contribution in [3.63, 3.8) is 0 Å². The highest BCUT2D eigenvalue weighted by molar-refractivity contribution is 5.87. The number of benzene rings is 1. The van der Waals surface area contributed by atoms with Gasteiger partial charge in [-0.05, 0) is 62.5 Å². The van der Waals surface area contributed by atoms with Crippen LogP contribution < -0.4 is 0 Å². The van der Waals surface area contributed by atoms with Crippen LogP contribution in [-0.4, -0.2) is 76.6 Å². The van der Waals surface area contributed by atoms with Gasteiger partial charge in [-0.2, -0.15) is 0 Å². The number of carbonyl (C=O) groups is 2. The molecule has 3 amide bonds. The maximum absolute atomic E-state index is 13.5. The molecule has 1 N–H and O–H groups in total. The summed E-state index contributed by atoms with van der Waals surface area (Å²) < 4.78 is 0. The van der Waals surface area contributed by atoms with E-state index < -0.39 is 5.41 Å². The molecule has 0 aromatic heterocycles. The van der Waals surface area contributed by atoms with Crippen LogP contribution >= 0.6 is 0 Å². The molecule has 5 rings (SSSR count). The summed E-state index contributed by atoms with van der Waals surface area (Å²) in [5, 5.41) is 9.82. The average molecular weight is 438 g/mol. The minimum absolute atomic E-state index is 0.0828. The molecule has 172 valence electrons. The fourth-order valence-electron chi connectivity index (χ4n) is 6.20. The van der Waals surface area contributed by atoms with Gasteiger partial charge in [0.15, 0.2) is 0 Å². The highest BCUT2D eigenvalue weighted by Gasteiger charge is 2.51. The molecule has 32 heavy (non-hydrogen) atoms. The van der Waals surface area contributed by atoms with Crippen molar-refractivity contribution in [1.82, 2.24) is 14.7 Å². The molecule has 3 aliphatic heterocycles. The Morgan fingerprint density at radius 3 is 2.47 bits per heavy atom. The van der Waals surface area contributed by atoms with E-state index in [2.05, 4.69) is 35.2 Å². The third-order valence-electron chi connectivity index (χ3n) is 8.12. The highest BCUT2D eigenvalue weighted by atomic mass is 16.3. The van der Waals surface area contributed by atoms with Crippen molar-refractivity contribution < 1.29 is 14.7 Å². The molecule has 6 nitrogen and oxygen atoms in total. The molecule has 3 heterocycles. The van der Waals surface area contributed by atoms with Crippen LogP contribution in [0.5, 0.6) is 0 Å². The number of rotatable bonds is 2. The van der Waals surface area contributed by atoms with Gasteiger partial charge in [0.2, 0.25) is 5.91 Å². The number of hydrogen-bond acceptors (Lipinski definition) is 3. The minimum Gasteiger partial charge on any atom is -0.393 e.